The van der Waals surface area contributed by atoms with E-state index < -0.39 is 15.9 Å². The molecule has 1 fully saturated rings. The Morgan fingerprint density at radius 2 is 1.76 bits per heavy atom. The number of carbonyl (C=O) groups excluding carboxylic acids is 1. The Morgan fingerprint density at radius 3 is 2.41 bits per heavy atom. The van der Waals surface area contributed by atoms with Gasteiger partial charge in [-0.15, -0.1) is 0 Å². The quantitative estimate of drug-likeness (QED) is 0.417. The highest BCUT2D eigenvalue weighted by molar-refractivity contribution is 7.92. The van der Waals surface area contributed by atoms with Gasteiger partial charge in [-0.3, -0.25) is 9.52 Å². The fraction of sp³-hybridized carbons (Fsp3) is 0.208. The van der Waals surface area contributed by atoms with Crippen molar-refractivity contribution in [1.82, 2.24) is 5.32 Å². The van der Waals surface area contributed by atoms with E-state index in [1.807, 2.05) is 6.92 Å². The third kappa shape index (κ3) is 5.64. The molecule has 0 bridgehead atoms. The topological polar surface area (TPSA) is 93.7 Å². The maximum atomic E-state index is 13.0. The molecule has 7 nitrogen and oxygen atoms in total. The minimum Gasteiger partial charge on any atom is -0.456 e. The first-order valence-corrected chi connectivity index (χ1v) is 12.7. The van der Waals surface area contributed by atoms with Crippen LogP contribution in [-0.2, 0) is 14.8 Å². The number of para-hydroxylation sites is 1. The zero-order valence-electron chi connectivity index (χ0n) is 18.1. The number of hydrogen-bond acceptors (Lipinski definition) is 5. The molecule has 1 aliphatic heterocycles. The number of anilines is 1. The van der Waals surface area contributed by atoms with Gasteiger partial charge >= 0.3 is 0 Å². The van der Waals surface area contributed by atoms with Crippen molar-refractivity contribution in [3.8, 4) is 11.5 Å². The fourth-order valence-corrected chi connectivity index (χ4v) is 4.71. The summed E-state index contributed by atoms with van der Waals surface area (Å²) in [6.07, 6.45) is 0. The summed E-state index contributed by atoms with van der Waals surface area (Å²) in [6.45, 7) is 3.03. The number of halogens is 2. The summed E-state index contributed by atoms with van der Waals surface area (Å²) < 4.78 is 39.4. The van der Waals surface area contributed by atoms with E-state index in [0.29, 0.717) is 34.8 Å². The Hall–Kier alpha value is -2.78. The van der Waals surface area contributed by atoms with E-state index in [1.165, 1.54) is 42.5 Å². The average molecular weight is 521 g/mol. The molecule has 0 aromatic heterocycles. The van der Waals surface area contributed by atoms with Gasteiger partial charge in [0.15, 0.2) is 0 Å². The van der Waals surface area contributed by atoms with Gasteiger partial charge in [-0.2, -0.15) is 0 Å². The van der Waals surface area contributed by atoms with Gasteiger partial charge in [0.1, 0.15) is 11.5 Å². The first kappa shape index (κ1) is 24.3. The molecule has 3 aromatic rings. The molecule has 178 valence electrons. The van der Waals surface area contributed by atoms with Gasteiger partial charge in [0.25, 0.3) is 15.9 Å². The van der Waals surface area contributed by atoms with E-state index >= 15 is 0 Å². The minimum atomic E-state index is -3.99. The summed E-state index contributed by atoms with van der Waals surface area (Å²) in [5.41, 5.74) is 0.247. The van der Waals surface area contributed by atoms with Crippen LogP contribution >= 0.6 is 23.2 Å². The summed E-state index contributed by atoms with van der Waals surface area (Å²) in [5.74, 6) is 0.669. The second kappa shape index (κ2) is 10.2. The van der Waals surface area contributed by atoms with Crippen molar-refractivity contribution in [2.24, 2.45) is 5.92 Å². The van der Waals surface area contributed by atoms with E-state index in [1.54, 1.807) is 24.3 Å². The molecule has 0 radical (unpaired) electrons. The van der Waals surface area contributed by atoms with Gasteiger partial charge < -0.3 is 14.8 Å². The summed E-state index contributed by atoms with van der Waals surface area (Å²) >= 11 is 12.2. The lowest BCUT2D eigenvalue weighted by molar-refractivity contribution is -0.0453. The number of ether oxygens (including phenoxy) is 2. The number of rotatable bonds is 8. The van der Waals surface area contributed by atoms with Crippen LogP contribution in [0.3, 0.4) is 0 Å². The molecule has 1 atom stereocenters. The standard InChI is InChI=1S/C24H22Cl2N2O5S/c1-15(16-13-32-14-16)27-24(29)20-12-17(25)6-11-22(20)28-34(30,31)19-9-7-18(8-10-19)33-23-5-3-2-4-21(23)26/h2-12,15-16,28H,13-14H2,1H3,(H,27,29)/t15-/m1/s1. The Kier molecular flexibility index (Phi) is 7.33. The molecule has 0 saturated carbocycles. The van der Waals surface area contributed by atoms with Gasteiger partial charge in [0.05, 0.1) is 34.4 Å². The van der Waals surface area contributed by atoms with Crippen LogP contribution in [0.2, 0.25) is 10.0 Å². The number of carbonyl (C=O) groups is 1. The highest BCUT2D eigenvalue weighted by Crippen LogP contribution is 2.30. The van der Waals surface area contributed by atoms with Crippen molar-refractivity contribution in [2.75, 3.05) is 17.9 Å². The molecule has 10 heteroatoms. The fourth-order valence-electron chi connectivity index (χ4n) is 3.28. The normalized spacial score (nSPS) is 14.7. The van der Waals surface area contributed by atoms with Crippen LogP contribution < -0.4 is 14.8 Å². The number of hydrogen-bond donors (Lipinski definition) is 2. The van der Waals surface area contributed by atoms with Crippen molar-refractivity contribution in [2.45, 2.75) is 17.9 Å². The van der Waals surface area contributed by atoms with Crippen molar-refractivity contribution >= 4 is 44.8 Å². The lowest BCUT2D eigenvalue weighted by Crippen LogP contribution is -2.46. The highest BCUT2D eigenvalue weighted by Gasteiger charge is 2.27. The van der Waals surface area contributed by atoms with Crippen LogP contribution in [-0.4, -0.2) is 33.6 Å². The molecule has 1 aliphatic rings. The predicted molar refractivity (Wildman–Crippen MR) is 131 cm³/mol. The third-order valence-electron chi connectivity index (χ3n) is 5.40. The molecule has 0 spiro atoms. The molecule has 1 saturated heterocycles. The summed E-state index contributed by atoms with van der Waals surface area (Å²) in [4.78, 5) is 12.9. The summed E-state index contributed by atoms with van der Waals surface area (Å²) in [6, 6.07) is 17.1. The predicted octanol–water partition coefficient (Wildman–Crippen LogP) is 5.35. The summed E-state index contributed by atoms with van der Waals surface area (Å²) in [5, 5.41) is 3.64. The van der Waals surface area contributed by atoms with Gasteiger partial charge in [-0.05, 0) is 61.5 Å². The number of amides is 1. The zero-order chi connectivity index (χ0) is 24.3. The Labute approximate surface area is 208 Å². The van der Waals surface area contributed by atoms with E-state index in [-0.39, 0.29) is 28.1 Å². The Morgan fingerprint density at radius 1 is 1.06 bits per heavy atom. The molecule has 34 heavy (non-hydrogen) atoms. The molecule has 0 unspecified atom stereocenters. The van der Waals surface area contributed by atoms with Gasteiger partial charge in [-0.25, -0.2) is 8.42 Å². The van der Waals surface area contributed by atoms with Crippen LogP contribution in [0.5, 0.6) is 11.5 Å². The first-order valence-electron chi connectivity index (χ1n) is 10.5. The van der Waals surface area contributed by atoms with Crippen LogP contribution in [0, 0.1) is 5.92 Å². The minimum absolute atomic E-state index is 0.000279. The van der Waals surface area contributed by atoms with E-state index in [0.717, 1.165) is 0 Å². The lowest BCUT2D eigenvalue weighted by atomic mass is 9.99. The number of sulfonamides is 1. The van der Waals surface area contributed by atoms with Crippen molar-refractivity contribution in [1.29, 1.82) is 0 Å². The molecule has 4 rings (SSSR count). The maximum Gasteiger partial charge on any atom is 0.261 e. The second-order valence-electron chi connectivity index (χ2n) is 7.86. The van der Waals surface area contributed by atoms with Gasteiger partial charge in [0.2, 0.25) is 0 Å². The Bertz CT molecular complexity index is 1290. The van der Waals surface area contributed by atoms with Crippen LogP contribution in [0.15, 0.2) is 71.6 Å². The molecular formula is C24H22Cl2N2O5S. The van der Waals surface area contributed by atoms with Crippen molar-refractivity contribution in [3.05, 3.63) is 82.3 Å². The van der Waals surface area contributed by atoms with E-state index in [9.17, 15) is 13.2 Å². The number of nitrogens with one attached hydrogen (secondary N) is 2. The van der Waals surface area contributed by atoms with Crippen molar-refractivity contribution < 1.29 is 22.7 Å². The zero-order valence-corrected chi connectivity index (χ0v) is 20.5. The van der Waals surface area contributed by atoms with Gasteiger partial charge in [-0.1, -0.05) is 35.3 Å². The second-order valence-corrected chi connectivity index (χ2v) is 10.4. The van der Waals surface area contributed by atoms with Crippen LogP contribution in [0.25, 0.3) is 0 Å². The SMILES string of the molecule is C[C@@H](NC(=O)c1cc(Cl)ccc1NS(=O)(=O)c1ccc(Oc2ccccc2Cl)cc1)C1COC1. The molecule has 1 heterocycles. The van der Waals surface area contributed by atoms with E-state index in [2.05, 4.69) is 10.0 Å². The highest BCUT2D eigenvalue weighted by atomic mass is 35.5. The molecule has 2 N–H and O–H groups in total. The largest absolute Gasteiger partial charge is 0.456 e. The van der Waals surface area contributed by atoms with E-state index in [4.69, 9.17) is 32.7 Å². The third-order valence-corrected chi connectivity index (χ3v) is 7.33. The molecule has 0 aliphatic carbocycles. The Balaban J connectivity index is 1.51. The van der Waals surface area contributed by atoms with Crippen molar-refractivity contribution in [3.63, 3.8) is 0 Å². The van der Waals surface area contributed by atoms with Crippen LogP contribution in [0.4, 0.5) is 5.69 Å². The molecule has 3 aromatic carbocycles. The number of benzene rings is 3. The summed E-state index contributed by atoms with van der Waals surface area (Å²) in [7, 11) is -3.99. The maximum absolute atomic E-state index is 13.0. The monoisotopic (exact) mass is 520 g/mol. The smallest absolute Gasteiger partial charge is 0.261 e. The van der Waals surface area contributed by atoms with Crippen LogP contribution in [0.1, 0.15) is 17.3 Å². The molecule has 1 amide bonds. The lowest BCUT2D eigenvalue weighted by Gasteiger charge is -2.32. The van der Waals surface area contributed by atoms with Gasteiger partial charge in [0, 0.05) is 17.0 Å². The first-order chi connectivity index (χ1) is 16.2. The molecular weight excluding hydrogens is 499 g/mol. The average Bonchev–Trinajstić information content (AvgIpc) is 2.75.